The van der Waals surface area contributed by atoms with E-state index < -0.39 is 0 Å². The number of likely N-dealkylation sites (tertiary alicyclic amines) is 1. The van der Waals surface area contributed by atoms with Crippen molar-refractivity contribution in [2.45, 2.75) is 52.0 Å². The number of nitrogens with zero attached hydrogens (tertiary/aromatic N) is 3. The Morgan fingerprint density at radius 1 is 1.21 bits per heavy atom. The Balaban J connectivity index is 1.49. The van der Waals surface area contributed by atoms with Crippen molar-refractivity contribution in [3.8, 4) is 0 Å². The fourth-order valence-electron chi connectivity index (χ4n) is 3.73. The molecule has 1 aliphatic heterocycles. The minimum absolute atomic E-state index is 0.00914. The number of nitrogens with one attached hydrogen (secondary N) is 1. The van der Waals surface area contributed by atoms with Gasteiger partial charge in [0.1, 0.15) is 0 Å². The predicted octanol–water partition coefficient (Wildman–Crippen LogP) is 1.94. The molecule has 24 heavy (non-hydrogen) atoms. The van der Waals surface area contributed by atoms with Crippen molar-refractivity contribution < 1.29 is 9.59 Å². The molecular formula is C18H28N4O2. The van der Waals surface area contributed by atoms with E-state index in [1.165, 1.54) is 6.42 Å². The van der Waals surface area contributed by atoms with Crippen molar-refractivity contribution in [1.82, 2.24) is 20.0 Å². The number of hydrogen-bond acceptors (Lipinski definition) is 3. The van der Waals surface area contributed by atoms with Crippen molar-refractivity contribution in [2.24, 2.45) is 18.9 Å². The zero-order valence-corrected chi connectivity index (χ0v) is 14.9. The zero-order valence-electron chi connectivity index (χ0n) is 14.9. The van der Waals surface area contributed by atoms with Crippen molar-refractivity contribution >= 4 is 11.8 Å². The Morgan fingerprint density at radius 3 is 2.38 bits per heavy atom. The zero-order chi connectivity index (χ0) is 17.3. The number of amides is 2. The molecule has 0 bridgehead atoms. The van der Waals surface area contributed by atoms with Crippen molar-refractivity contribution in [2.75, 3.05) is 13.1 Å². The topological polar surface area (TPSA) is 67.2 Å². The summed E-state index contributed by atoms with van der Waals surface area (Å²) in [5, 5.41) is 7.45. The maximum absolute atomic E-state index is 12.5. The maximum atomic E-state index is 12.5. The first kappa shape index (κ1) is 17.0. The monoisotopic (exact) mass is 332 g/mol. The first-order valence-electron chi connectivity index (χ1n) is 9.05. The Kier molecular flexibility index (Phi) is 4.92. The molecule has 6 nitrogen and oxygen atoms in total. The van der Waals surface area contributed by atoms with Gasteiger partial charge < -0.3 is 10.2 Å². The van der Waals surface area contributed by atoms with Gasteiger partial charge in [-0.2, -0.15) is 5.10 Å². The van der Waals surface area contributed by atoms with Crippen LogP contribution in [0.25, 0.3) is 0 Å². The molecule has 1 saturated heterocycles. The highest BCUT2D eigenvalue weighted by Crippen LogP contribution is 2.30. The lowest BCUT2D eigenvalue weighted by Crippen LogP contribution is -2.46. The highest BCUT2D eigenvalue weighted by molar-refractivity contribution is 5.81. The predicted molar refractivity (Wildman–Crippen MR) is 91.1 cm³/mol. The number of aryl methyl sites for hydroxylation is 2. The van der Waals surface area contributed by atoms with Crippen LogP contribution >= 0.6 is 0 Å². The minimum atomic E-state index is -0.0409. The third kappa shape index (κ3) is 3.47. The summed E-state index contributed by atoms with van der Waals surface area (Å²) >= 11 is 0. The Bertz CT molecular complexity index is 613. The lowest BCUT2D eigenvalue weighted by Gasteiger charge is -2.36. The van der Waals surface area contributed by atoms with Crippen LogP contribution in [0.4, 0.5) is 0 Å². The summed E-state index contributed by atoms with van der Waals surface area (Å²) in [6, 6.07) is -0.0409. The number of aromatic nitrogens is 2. The van der Waals surface area contributed by atoms with Gasteiger partial charge in [-0.3, -0.25) is 14.3 Å². The fourth-order valence-corrected chi connectivity index (χ4v) is 3.73. The fraction of sp³-hybridized carbons (Fsp3) is 0.722. The Labute approximate surface area is 143 Å². The van der Waals surface area contributed by atoms with Crippen LogP contribution in [0.3, 0.4) is 0 Å². The average Bonchev–Trinajstić information content (AvgIpc) is 2.84. The summed E-state index contributed by atoms with van der Waals surface area (Å²) in [5.41, 5.74) is 2.01. The van der Waals surface area contributed by atoms with Gasteiger partial charge in [-0.25, -0.2) is 0 Å². The molecule has 1 saturated carbocycles. The van der Waals surface area contributed by atoms with Crippen LogP contribution < -0.4 is 5.32 Å². The van der Waals surface area contributed by atoms with Crippen molar-refractivity contribution in [1.29, 1.82) is 0 Å². The molecule has 6 heteroatoms. The second kappa shape index (κ2) is 6.95. The van der Waals surface area contributed by atoms with Gasteiger partial charge in [0.2, 0.25) is 11.8 Å². The quantitative estimate of drug-likeness (QED) is 0.916. The highest BCUT2D eigenvalue weighted by Gasteiger charge is 2.33. The summed E-state index contributed by atoms with van der Waals surface area (Å²) in [6.45, 7) is 5.39. The molecule has 2 fully saturated rings. The summed E-state index contributed by atoms with van der Waals surface area (Å²) in [5.74, 6) is 0.666. The SMILES string of the molecule is Cc1nn(C)cc1C(C)NC(=O)C1CCN(C(=O)C2CCC2)CC1. The summed E-state index contributed by atoms with van der Waals surface area (Å²) in [4.78, 5) is 26.8. The Morgan fingerprint density at radius 2 is 1.88 bits per heavy atom. The summed E-state index contributed by atoms with van der Waals surface area (Å²) in [7, 11) is 1.89. The van der Waals surface area contributed by atoms with Crippen LogP contribution in [0.5, 0.6) is 0 Å². The lowest BCUT2D eigenvalue weighted by atomic mass is 9.83. The number of carbonyl (C=O) groups excluding carboxylic acids is 2. The first-order chi connectivity index (χ1) is 11.5. The molecule has 2 heterocycles. The van der Waals surface area contributed by atoms with Crippen molar-refractivity contribution in [3.05, 3.63) is 17.5 Å². The third-order valence-corrected chi connectivity index (χ3v) is 5.51. The molecule has 2 amide bonds. The van der Waals surface area contributed by atoms with E-state index in [0.717, 1.165) is 36.9 Å². The molecule has 1 N–H and O–H groups in total. The molecule has 2 aliphatic rings. The van der Waals surface area contributed by atoms with Gasteiger partial charge in [0, 0.05) is 43.7 Å². The van der Waals surface area contributed by atoms with Crippen LogP contribution in [0.1, 0.15) is 56.3 Å². The van der Waals surface area contributed by atoms with Gasteiger partial charge in [-0.15, -0.1) is 0 Å². The smallest absolute Gasteiger partial charge is 0.225 e. The molecule has 1 aromatic rings. The highest BCUT2D eigenvalue weighted by atomic mass is 16.2. The average molecular weight is 332 g/mol. The van der Waals surface area contributed by atoms with Gasteiger partial charge in [0.15, 0.2) is 0 Å². The van der Waals surface area contributed by atoms with Crippen molar-refractivity contribution in [3.63, 3.8) is 0 Å². The number of carbonyl (C=O) groups is 2. The van der Waals surface area contributed by atoms with Crippen LogP contribution in [-0.4, -0.2) is 39.6 Å². The number of piperidine rings is 1. The van der Waals surface area contributed by atoms with Crippen LogP contribution in [0.2, 0.25) is 0 Å². The lowest BCUT2D eigenvalue weighted by molar-refractivity contribution is -0.141. The van der Waals surface area contributed by atoms with E-state index in [2.05, 4.69) is 10.4 Å². The summed E-state index contributed by atoms with van der Waals surface area (Å²) < 4.78 is 1.78. The normalized spacial score (nSPS) is 20.5. The number of hydrogen-bond donors (Lipinski definition) is 1. The molecule has 132 valence electrons. The second-order valence-electron chi connectivity index (χ2n) is 7.30. The largest absolute Gasteiger partial charge is 0.349 e. The van der Waals surface area contributed by atoms with Gasteiger partial charge >= 0.3 is 0 Å². The van der Waals surface area contributed by atoms with E-state index in [-0.39, 0.29) is 23.8 Å². The minimum Gasteiger partial charge on any atom is -0.349 e. The van der Waals surface area contributed by atoms with E-state index in [0.29, 0.717) is 19.0 Å². The summed E-state index contributed by atoms with van der Waals surface area (Å²) in [6.07, 6.45) is 6.76. The molecule has 0 radical (unpaired) electrons. The molecular weight excluding hydrogens is 304 g/mol. The number of rotatable bonds is 4. The van der Waals surface area contributed by atoms with Gasteiger partial charge in [0.05, 0.1) is 11.7 Å². The second-order valence-corrected chi connectivity index (χ2v) is 7.30. The van der Waals surface area contributed by atoms with Crippen LogP contribution in [0, 0.1) is 18.8 Å². The molecule has 0 spiro atoms. The third-order valence-electron chi connectivity index (χ3n) is 5.51. The Hall–Kier alpha value is -1.85. The molecule has 1 atom stereocenters. The van der Waals surface area contributed by atoms with Gasteiger partial charge in [0.25, 0.3) is 0 Å². The molecule has 1 aromatic heterocycles. The van der Waals surface area contributed by atoms with Gasteiger partial charge in [-0.05, 0) is 39.5 Å². The van der Waals surface area contributed by atoms with E-state index in [9.17, 15) is 9.59 Å². The molecule has 1 unspecified atom stereocenters. The van der Waals surface area contributed by atoms with E-state index >= 15 is 0 Å². The maximum Gasteiger partial charge on any atom is 0.225 e. The standard InChI is InChI=1S/C18H28N4O2/c1-12(16-11-21(3)20-13(16)2)19-17(23)14-7-9-22(10-8-14)18(24)15-5-4-6-15/h11-12,14-15H,4-10H2,1-3H3,(H,19,23). The molecule has 1 aliphatic carbocycles. The first-order valence-corrected chi connectivity index (χ1v) is 9.05. The molecule has 3 rings (SSSR count). The van der Waals surface area contributed by atoms with E-state index in [1.54, 1.807) is 4.68 Å². The van der Waals surface area contributed by atoms with E-state index in [1.807, 2.05) is 32.0 Å². The van der Waals surface area contributed by atoms with Crippen LogP contribution in [-0.2, 0) is 16.6 Å². The van der Waals surface area contributed by atoms with Gasteiger partial charge in [-0.1, -0.05) is 6.42 Å². The van der Waals surface area contributed by atoms with Crippen LogP contribution in [0.15, 0.2) is 6.20 Å². The molecule has 0 aromatic carbocycles. The van der Waals surface area contributed by atoms with E-state index in [4.69, 9.17) is 0 Å².